The van der Waals surface area contributed by atoms with E-state index in [1.54, 1.807) is 19.3 Å². The molecule has 2 rings (SSSR count). The molecule has 0 aromatic heterocycles. The van der Waals surface area contributed by atoms with E-state index >= 15 is 0 Å². The van der Waals surface area contributed by atoms with Crippen LogP contribution in [0, 0.1) is 29.1 Å². The minimum absolute atomic E-state index is 0.836. The fourth-order valence-electron chi connectivity index (χ4n) is 3.56. The van der Waals surface area contributed by atoms with E-state index in [9.17, 15) is 0 Å². The predicted octanol–water partition coefficient (Wildman–Crippen LogP) is 4.10. The second-order valence-corrected chi connectivity index (χ2v) is 6.16. The van der Waals surface area contributed by atoms with Crippen molar-refractivity contribution in [3.63, 3.8) is 0 Å². The first kappa shape index (κ1) is 9.55. The van der Waals surface area contributed by atoms with Gasteiger partial charge in [0.2, 0.25) is 0 Å². The Morgan fingerprint density at radius 2 is 1.62 bits per heavy atom. The van der Waals surface area contributed by atoms with Gasteiger partial charge in [0.15, 0.2) is 0 Å². The lowest BCUT2D eigenvalue weighted by atomic mass is 9.83. The molecule has 2 saturated carbocycles. The van der Waals surface area contributed by atoms with Crippen LogP contribution in [0.1, 0.15) is 53.4 Å². The molecule has 0 radical (unpaired) electrons. The molecule has 13 heavy (non-hydrogen) atoms. The molecule has 2 aliphatic carbocycles. The van der Waals surface area contributed by atoms with Crippen LogP contribution in [0.2, 0.25) is 0 Å². The van der Waals surface area contributed by atoms with E-state index in [0.717, 1.165) is 29.1 Å². The molecule has 2 atom stereocenters. The zero-order valence-electron chi connectivity index (χ0n) is 9.64. The third kappa shape index (κ3) is 1.53. The Balaban J connectivity index is 2.05. The SMILES string of the molecule is CC(C)C1CC(C(C)C)C2(CC2)C1. The van der Waals surface area contributed by atoms with Gasteiger partial charge in [-0.05, 0) is 54.8 Å². The molecule has 0 nitrogen and oxygen atoms in total. The van der Waals surface area contributed by atoms with E-state index in [-0.39, 0.29) is 0 Å². The fourth-order valence-corrected chi connectivity index (χ4v) is 3.56. The predicted molar refractivity (Wildman–Crippen MR) is 57.6 cm³/mol. The topological polar surface area (TPSA) is 0 Å². The Kier molecular flexibility index (Phi) is 2.20. The van der Waals surface area contributed by atoms with Crippen LogP contribution >= 0.6 is 0 Å². The van der Waals surface area contributed by atoms with E-state index in [1.165, 1.54) is 6.42 Å². The summed E-state index contributed by atoms with van der Waals surface area (Å²) in [7, 11) is 0. The van der Waals surface area contributed by atoms with E-state index in [4.69, 9.17) is 0 Å². The summed E-state index contributed by atoms with van der Waals surface area (Å²) in [6.45, 7) is 9.66. The van der Waals surface area contributed by atoms with Crippen molar-refractivity contribution in [2.45, 2.75) is 53.4 Å². The normalized spacial score (nSPS) is 36.5. The van der Waals surface area contributed by atoms with Gasteiger partial charge in [-0.15, -0.1) is 0 Å². The van der Waals surface area contributed by atoms with Gasteiger partial charge in [-0.1, -0.05) is 27.7 Å². The van der Waals surface area contributed by atoms with Gasteiger partial charge in [0.1, 0.15) is 0 Å². The average Bonchev–Trinajstić information content (AvgIpc) is 2.61. The fraction of sp³-hybridized carbons (Fsp3) is 1.00. The maximum Gasteiger partial charge on any atom is -0.0263 e. The number of hydrogen-bond donors (Lipinski definition) is 0. The monoisotopic (exact) mass is 180 g/mol. The Hall–Kier alpha value is 0. The molecule has 76 valence electrons. The van der Waals surface area contributed by atoms with E-state index < -0.39 is 0 Å². The Bertz CT molecular complexity index is 186. The van der Waals surface area contributed by atoms with Crippen molar-refractivity contribution in [3.8, 4) is 0 Å². The molecule has 0 heteroatoms. The molecule has 2 aliphatic rings. The van der Waals surface area contributed by atoms with Gasteiger partial charge in [0.05, 0.1) is 0 Å². The number of rotatable bonds is 2. The molecule has 0 N–H and O–H groups in total. The van der Waals surface area contributed by atoms with E-state index in [1.807, 2.05) is 0 Å². The van der Waals surface area contributed by atoms with Crippen LogP contribution in [-0.2, 0) is 0 Å². The highest BCUT2D eigenvalue weighted by molar-refractivity contribution is 5.05. The molecule has 2 fully saturated rings. The summed E-state index contributed by atoms with van der Waals surface area (Å²) < 4.78 is 0. The van der Waals surface area contributed by atoms with Crippen molar-refractivity contribution in [2.24, 2.45) is 29.1 Å². The third-order valence-corrected chi connectivity index (χ3v) is 4.65. The van der Waals surface area contributed by atoms with Crippen molar-refractivity contribution < 1.29 is 0 Å². The molecule has 0 heterocycles. The highest BCUT2D eigenvalue weighted by Gasteiger charge is 2.55. The van der Waals surface area contributed by atoms with Crippen molar-refractivity contribution in [3.05, 3.63) is 0 Å². The van der Waals surface area contributed by atoms with Crippen molar-refractivity contribution in [2.75, 3.05) is 0 Å². The summed E-state index contributed by atoms with van der Waals surface area (Å²) in [4.78, 5) is 0. The maximum atomic E-state index is 2.42. The van der Waals surface area contributed by atoms with Crippen LogP contribution in [0.5, 0.6) is 0 Å². The van der Waals surface area contributed by atoms with Crippen molar-refractivity contribution in [1.82, 2.24) is 0 Å². The van der Waals surface area contributed by atoms with Gasteiger partial charge in [0.25, 0.3) is 0 Å². The molecular formula is C13H24. The van der Waals surface area contributed by atoms with Gasteiger partial charge in [-0.2, -0.15) is 0 Å². The van der Waals surface area contributed by atoms with Crippen LogP contribution in [0.4, 0.5) is 0 Å². The molecule has 0 saturated heterocycles. The lowest BCUT2D eigenvalue weighted by Gasteiger charge is -2.21. The summed E-state index contributed by atoms with van der Waals surface area (Å²) in [5.41, 5.74) is 0.836. The summed E-state index contributed by atoms with van der Waals surface area (Å²) >= 11 is 0. The molecule has 0 aromatic carbocycles. The lowest BCUT2D eigenvalue weighted by Crippen LogP contribution is -2.14. The average molecular weight is 180 g/mol. The molecule has 1 spiro atoms. The van der Waals surface area contributed by atoms with Crippen LogP contribution in [-0.4, -0.2) is 0 Å². The first-order valence-electron chi connectivity index (χ1n) is 6.05. The third-order valence-electron chi connectivity index (χ3n) is 4.65. The molecule has 2 unspecified atom stereocenters. The highest BCUT2D eigenvalue weighted by Crippen LogP contribution is 2.65. The quantitative estimate of drug-likeness (QED) is 0.600. The standard InChI is InChI=1S/C13H24/c1-9(2)11-7-12(10(3)4)13(8-11)5-6-13/h9-12H,5-8H2,1-4H3. The van der Waals surface area contributed by atoms with Crippen molar-refractivity contribution in [1.29, 1.82) is 0 Å². The largest absolute Gasteiger partial charge is 0.0625 e. The zero-order valence-corrected chi connectivity index (χ0v) is 9.64. The zero-order chi connectivity index (χ0) is 9.64. The first-order valence-corrected chi connectivity index (χ1v) is 6.05. The van der Waals surface area contributed by atoms with Gasteiger partial charge in [-0.3, -0.25) is 0 Å². The van der Waals surface area contributed by atoms with Gasteiger partial charge >= 0.3 is 0 Å². The maximum absolute atomic E-state index is 2.42. The summed E-state index contributed by atoms with van der Waals surface area (Å²) in [5, 5.41) is 0. The minimum atomic E-state index is 0.836. The first-order chi connectivity index (χ1) is 6.05. The van der Waals surface area contributed by atoms with Crippen molar-refractivity contribution >= 4 is 0 Å². The Morgan fingerprint density at radius 3 is 1.92 bits per heavy atom. The summed E-state index contributed by atoms with van der Waals surface area (Å²) in [6.07, 6.45) is 6.15. The molecule has 0 amide bonds. The Morgan fingerprint density at radius 1 is 1.00 bits per heavy atom. The Labute approximate surface area is 83.1 Å². The molecule has 0 aromatic rings. The molecular weight excluding hydrogens is 156 g/mol. The van der Waals surface area contributed by atoms with Gasteiger partial charge < -0.3 is 0 Å². The summed E-state index contributed by atoms with van der Waals surface area (Å²) in [5.74, 6) is 3.93. The minimum Gasteiger partial charge on any atom is -0.0625 e. The smallest absolute Gasteiger partial charge is 0.0263 e. The number of hydrogen-bond acceptors (Lipinski definition) is 0. The van der Waals surface area contributed by atoms with Crippen LogP contribution in [0.25, 0.3) is 0 Å². The lowest BCUT2D eigenvalue weighted by molar-refractivity contribution is 0.274. The van der Waals surface area contributed by atoms with Crippen LogP contribution < -0.4 is 0 Å². The van der Waals surface area contributed by atoms with E-state index in [0.29, 0.717) is 0 Å². The van der Waals surface area contributed by atoms with Crippen LogP contribution in [0.3, 0.4) is 0 Å². The van der Waals surface area contributed by atoms with Gasteiger partial charge in [0, 0.05) is 0 Å². The molecule has 0 bridgehead atoms. The second kappa shape index (κ2) is 3.00. The highest BCUT2D eigenvalue weighted by atomic mass is 14.6. The molecule has 0 aliphatic heterocycles. The van der Waals surface area contributed by atoms with Crippen LogP contribution in [0.15, 0.2) is 0 Å². The second-order valence-electron chi connectivity index (χ2n) is 6.16. The van der Waals surface area contributed by atoms with E-state index in [2.05, 4.69) is 27.7 Å². The van der Waals surface area contributed by atoms with Gasteiger partial charge in [-0.25, -0.2) is 0 Å². The summed E-state index contributed by atoms with van der Waals surface area (Å²) in [6, 6.07) is 0.